The number of imidazole rings is 1. The van der Waals surface area contributed by atoms with Gasteiger partial charge in [0.1, 0.15) is 0 Å². The molecule has 0 amide bonds. The van der Waals surface area contributed by atoms with E-state index in [1.54, 1.807) is 0 Å². The van der Waals surface area contributed by atoms with Crippen molar-refractivity contribution in [1.29, 1.82) is 0 Å². The van der Waals surface area contributed by atoms with Crippen molar-refractivity contribution in [2.75, 3.05) is 0 Å². The van der Waals surface area contributed by atoms with Gasteiger partial charge in [0.15, 0.2) is 0 Å². The predicted octanol–water partition coefficient (Wildman–Crippen LogP) is 6.10. The molecule has 130 valence electrons. The van der Waals surface area contributed by atoms with Crippen molar-refractivity contribution in [1.82, 2.24) is 9.55 Å². The monoisotopic (exact) mass is 323 g/mol. The quantitative estimate of drug-likeness (QED) is 0.273. The Kier molecular flexibility index (Phi) is 13.0. The SMILES string of the molecule is CCCCCCCCCCCCn1ccnc1.F[B-](F)(F)F. The minimum absolute atomic E-state index is 1.14. The summed E-state index contributed by atoms with van der Waals surface area (Å²) in [4.78, 5) is 4.05. The number of hydrogen-bond acceptors (Lipinski definition) is 1. The molecule has 7 heteroatoms. The highest BCUT2D eigenvalue weighted by atomic mass is 19.5. The maximum Gasteiger partial charge on any atom is 0.673 e. The predicted molar refractivity (Wildman–Crippen MR) is 84.3 cm³/mol. The summed E-state index contributed by atoms with van der Waals surface area (Å²) >= 11 is 0. The number of halogens is 4. The van der Waals surface area contributed by atoms with Gasteiger partial charge in [0, 0.05) is 18.9 Å². The van der Waals surface area contributed by atoms with E-state index in [1.165, 1.54) is 64.2 Å². The third-order valence-electron chi connectivity index (χ3n) is 3.33. The van der Waals surface area contributed by atoms with Crippen molar-refractivity contribution in [2.24, 2.45) is 0 Å². The maximum absolute atomic E-state index is 9.75. The van der Waals surface area contributed by atoms with Crippen molar-refractivity contribution >= 4 is 7.25 Å². The third-order valence-corrected chi connectivity index (χ3v) is 3.33. The molecule has 0 atom stereocenters. The first-order valence-electron chi connectivity index (χ1n) is 8.26. The van der Waals surface area contributed by atoms with Gasteiger partial charge in [0.2, 0.25) is 0 Å². The molecule has 0 fully saturated rings. The molecule has 1 aromatic rings. The highest BCUT2D eigenvalue weighted by Crippen LogP contribution is 2.10. The number of aryl methyl sites for hydroxylation is 1. The summed E-state index contributed by atoms with van der Waals surface area (Å²) < 4.78 is 41.2. The van der Waals surface area contributed by atoms with Crippen molar-refractivity contribution < 1.29 is 17.3 Å². The zero-order chi connectivity index (χ0) is 16.7. The first-order valence-corrected chi connectivity index (χ1v) is 8.26. The zero-order valence-corrected chi connectivity index (χ0v) is 13.5. The van der Waals surface area contributed by atoms with E-state index < -0.39 is 7.25 Å². The lowest BCUT2D eigenvalue weighted by Gasteiger charge is -2.03. The molecule has 0 radical (unpaired) electrons. The van der Waals surface area contributed by atoms with Gasteiger partial charge in [-0.3, -0.25) is 0 Å². The normalized spacial score (nSPS) is 11.1. The molecule has 0 saturated heterocycles. The molecule has 2 nitrogen and oxygen atoms in total. The van der Waals surface area contributed by atoms with E-state index in [9.17, 15) is 17.3 Å². The zero-order valence-electron chi connectivity index (χ0n) is 13.5. The van der Waals surface area contributed by atoms with E-state index in [0.29, 0.717) is 0 Å². The molecule has 22 heavy (non-hydrogen) atoms. The van der Waals surface area contributed by atoms with Crippen molar-refractivity contribution in [3.8, 4) is 0 Å². The Morgan fingerprint density at radius 2 is 1.27 bits per heavy atom. The minimum atomic E-state index is -6.00. The molecule has 1 heterocycles. The fourth-order valence-corrected chi connectivity index (χ4v) is 2.20. The van der Waals surface area contributed by atoms with Gasteiger partial charge in [0.25, 0.3) is 0 Å². The van der Waals surface area contributed by atoms with Crippen LogP contribution in [0.25, 0.3) is 0 Å². The maximum atomic E-state index is 9.75. The van der Waals surface area contributed by atoms with E-state index >= 15 is 0 Å². The summed E-state index contributed by atoms with van der Waals surface area (Å²) in [7, 11) is -6.00. The van der Waals surface area contributed by atoms with E-state index in [4.69, 9.17) is 0 Å². The standard InChI is InChI=1S/C15H28N2.BF4/c1-2-3-4-5-6-7-8-9-10-11-13-17-14-12-16-15-17;2-1(3,4)5/h12,14-15H,2-11,13H2,1H3;/q;-1. The number of nitrogens with zero attached hydrogens (tertiary/aromatic N) is 2. The Balaban J connectivity index is 0.000000763. The number of hydrogen-bond donors (Lipinski definition) is 0. The Hall–Kier alpha value is -1.01. The van der Waals surface area contributed by atoms with Gasteiger partial charge >= 0.3 is 7.25 Å². The lowest BCUT2D eigenvalue weighted by Crippen LogP contribution is -2.02. The molecule has 0 bridgehead atoms. The Bertz CT molecular complexity index is 323. The summed E-state index contributed by atoms with van der Waals surface area (Å²) in [6, 6.07) is 0. The molecule has 0 saturated carbocycles. The van der Waals surface area contributed by atoms with Gasteiger partial charge < -0.3 is 21.8 Å². The second-order valence-corrected chi connectivity index (χ2v) is 5.48. The number of unbranched alkanes of at least 4 members (excludes halogenated alkanes) is 9. The van der Waals surface area contributed by atoms with Crippen LogP contribution in [-0.2, 0) is 6.54 Å². The van der Waals surface area contributed by atoms with E-state index in [0.717, 1.165) is 6.54 Å². The first kappa shape index (κ1) is 21.0. The van der Waals surface area contributed by atoms with Crippen molar-refractivity contribution in [3.05, 3.63) is 18.7 Å². The summed E-state index contributed by atoms with van der Waals surface area (Å²) in [5.41, 5.74) is 0. The van der Waals surface area contributed by atoms with Crippen LogP contribution in [0.1, 0.15) is 71.1 Å². The van der Waals surface area contributed by atoms with Gasteiger partial charge in [-0.15, -0.1) is 0 Å². The van der Waals surface area contributed by atoms with Gasteiger partial charge in [0.05, 0.1) is 6.33 Å². The topological polar surface area (TPSA) is 17.8 Å². The van der Waals surface area contributed by atoms with Crippen LogP contribution < -0.4 is 0 Å². The smallest absolute Gasteiger partial charge is 0.418 e. The average Bonchev–Trinajstić information content (AvgIpc) is 2.92. The molecule has 0 aliphatic rings. The molecule has 0 spiro atoms. The van der Waals surface area contributed by atoms with Crippen molar-refractivity contribution in [2.45, 2.75) is 77.7 Å². The fourth-order valence-electron chi connectivity index (χ4n) is 2.20. The molecule has 1 rings (SSSR count). The molecule has 1 aromatic heterocycles. The van der Waals surface area contributed by atoms with Crippen LogP contribution in [0.4, 0.5) is 17.3 Å². The number of rotatable bonds is 11. The van der Waals surface area contributed by atoms with Crippen LogP contribution in [0.2, 0.25) is 0 Å². The van der Waals surface area contributed by atoms with E-state index in [2.05, 4.69) is 16.5 Å². The molecular formula is C15H28BF4N2-. The van der Waals surface area contributed by atoms with Crippen LogP contribution in [0.5, 0.6) is 0 Å². The van der Waals surface area contributed by atoms with Crippen LogP contribution in [0, 0.1) is 0 Å². The molecule has 0 N–H and O–H groups in total. The Morgan fingerprint density at radius 1 is 0.818 bits per heavy atom. The number of aromatic nitrogens is 2. The van der Waals surface area contributed by atoms with Gasteiger partial charge in [-0.25, -0.2) is 4.98 Å². The average molecular weight is 323 g/mol. The molecule has 0 unspecified atom stereocenters. The van der Waals surface area contributed by atoms with Gasteiger partial charge in [-0.05, 0) is 6.42 Å². The second-order valence-electron chi connectivity index (χ2n) is 5.48. The molecule has 0 aliphatic heterocycles. The highest BCUT2D eigenvalue weighted by Gasteiger charge is 2.20. The summed E-state index contributed by atoms with van der Waals surface area (Å²) in [5.74, 6) is 0. The van der Waals surface area contributed by atoms with Crippen LogP contribution in [0.15, 0.2) is 18.7 Å². The van der Waals surface area contributed by atoms with Gasteiger partial charge in [-0.1, -0.05) is 64.7 Å². The minimum Gasteiger partial charge on any atom is -0.418 e. The molecule has 0 aromatic carbocycles. The molecular weight excluding hydrogens is 295 g/mol. The van der Waals surface area contributed by atoms with Crippen LogP contribution >= 0.6 is 0 Å². The Labute approximate surface area is 131 Å². The van der Waals surface area contributed by atoms with E-state index in [1.807, 2.05) is 18.7 Å². The fraction of sp³-hybridized carbons (Fsp3) is 0.800. The first-order chi connectivity index (χ1) is 10.4. The highest BCUT2D eigenvalue weighted by molar-refractivity contribution is 6.50. The summed E-state index contributed by atoms with van der Waals surface area (Å²) in [6.07, 6.45) is 19.9. The van der Waals surface area contributed by atoms with Crippen LogP contribution in [0.3, 0.4) is 0 Å². The third kappa shape index (κ3) is 19.0. The largest absolute Gasteiger partial charge is 0.673 e. The lowest BCUT2D eigenvalue weighted by atomic mass is 10.1. The lowest BCUT2D eigenvalue weighted by molar-refractivity contribution is 0.368. The Morgan fingerprint density at radius 3 is 1.68 bits per heavy atom. The van der Waals surface area contributed by atoms with Crippen LogP contribution in [-0.4, -0.2) is 16.8 Å². The summed E-state index contributed by atoms with van der Waals surface area (Å²) in [6.45, 7) is 3.41. The van der Waals surface area contributed by atoms with Gasteiger partial charge in [-0.2, -0.15) is 0 Å². The second kappa shape index (κ2) is 13.6. The molecule has 0 aliphatic carbocycles. The summed E-state index contributed by atoms with van der Waals surface area (Å²) in [5, 5.41) is 0. The van der Waals surface area contributed by atoms with E-state index in [-0.39, 0.29) is 0 Å². The van der Waals surface area contributed by atoms with Crippen molar-refractivity contribution in [3.63, 3.8) is 0 Å².